The molecule has 2 aromatic rings. The summed E-state index contributed by atoms with van der Waals surface area (Å²) < 4.78 is 29.6. The molecule has 1 N–H and O–H groups in total. The highest BCUT2D eigenvalue weighted by molar-refractivity contribution is 7.80. The molecule has 0 amide bonds. The van der Waals surface area contributed by atoms with E-state index in [1.54, 1.807) is 33.1 Å². The predicted molar refractivity (Wildman–Crippen MR) is 115 cm³/mol. The maximum absolute atomic E-state index is 13.1. The molecule has 0 radical (unpaired) electrons. The molecule has 8 heteroatoms. The number of rotatable bonds is 7. The van der Waals surface area contributed by atoms with Crippen LogP contribution in [0.1, 0.15) is 31.0 Å². The Labute approximate surface area is 180 Å². The van der Waals surface area contributed by atoms with Crippen LogP contribution >= 0.6 is 12.2 Å². The van der Waals surface area contributed by atoms with Crippen molar-refractivity contribution in [3.63, 3.8) is 0 Å². The molecule has 0 spiro atoms. The minimum absolute atomic E-state index is 0.205. The highest BCUT2D eigenvalue weighted by atomic mass is 32.1. The molecule has 0 saturated heterocycles. The summed E-state index contributed by atoms with van der Waals surface area (Å²) in [4.78, 5) is 16.8. The van der Waals surface area contributed by atoms with Crippen molar-refractivity contribution in [2.24, 2.45) is 10.9 Å². The molecule has 0 saturated carbocycles. The Hall–Kier alpha value is -3.00. The van der Waals surface area contributed by atoms with E-state index in [1.165, 1.54) is 12.1 Å². The van der Waals surface area contributed by atoms with Crippen LogP contribution in [0.5, 0.6) is 11.5 Å². The Morgan fingerprint density at radius 2 is 1.97 bits per heavy atom. The molecular formula is C22H23FN2O4S. The van der Waals surface area contributed by atoms with Crippen LogP contribution in [0.25, 0.3) is 0 Å². The second-order valence-electron chi connectivity index (χ2n) is 6.72. The number of methoxy groups -OCH3 is 1. The average Bonchev–Trinajstić information content (AvgIpc) is 2.72. The van der Waals surface area contributed by atoms with Gasteiger partial charge in [0.2, 0.25) is 0 Å². The van der Waals surface area contributed by atoms with E-state index in [9.17, 15) is 9.18 Å². The van der Waals surface area contributed by atoms with Gasteiger partial charge in [-0.2, -0.15) is 0 Å². The van der Waals surface area contributed by atoms with E-state index >= 15 is 0 Å². The quantitative estimate of drug-likeness (QED) is 0.529. The van der Waals surface area contributed by atoms with Crippen molar-refractivity contribution in [2.45, 2.75) is 26.5 Å². The number of halogens is 1. The zero-order chi connectivity index (χ0) is 21.7. The Bertz CT molecular complexity index is 962. The number of nitrogens with one attached hydrogen (secondary N) is 1. The largest absolute Gasteiger partial charge is 0.496 e. The highest BCUT2D eigenvalue weighted by Crippen LogP contribution is 2.32. The van der Waals surface area contributed by atoms with Gasteiger partial charge in [-0.05, 0) is 68.0 Å². The van der Waals surface area contributed by atoms with Gasteiger partial charge in [-0.25, -0.2) is 9.38 Å². The first-order chi connectivity index (χ1) is 14.4. The predicted octanol–water partition coefficient (Wildman–Crippen LogP) is 3.98. The summed E-state index contributed by atoms with van der Waals surface area (Å²) in [6.45, 7) is 4.01. The van der Waals surface area contributed by atoms with Crippen molar-refractivity contribution in [1.29, 1.82) is 0 Å². The minimum Gasteiger partial charge on any atom is -0.496 e. The second kappa shape index (κ2) is 9.67. The fraction of sp³-hybridized carbons (Fsp3) is 0.318. The van der Waals surface area contributed by atoms with Crippen LogP contribution in [-0.4, -0.2) is 30.5 Å². The molecule has 0 aromatic heterocycles. The zero-order valence-corrected chi connectivity index (χ0v) is 17.8. The van der Waals surface area contributed by atoms with Crippen LogP contribution < -0.4 is 14.8 Å². The van der Waals surface area contributed by atoms with Gasteiger partial charge in [-0.15, -0.1) is 0 Å². The number of benzene rings is 2. The molecule has 0 fully saturated rings. The minimum atomic E-state index is -0.601. The number of nitrogens with zero attached hydrogens (tertiary/aromatic N) is 1. The van der Waals surface area contributed by atoms with E-state index in [0.717, 1.165) is 11.1 Å². The Morgan fingerprint density at radius 3 is 2.63 bits per heavy atom. The average molecular weight is 431 g/mol. The lowest BCUT2D eigenvalue weighted by atomic mass is 9.87. The van der Waals surface area contributed by atoms with E-state index in [4.69, 9.17) is 26.4 Å². The zero-order valence-electron chi connectivity index (χ0n) is 17.0. The first kappa shape index (κ1) is 21.7. The van der Waals surface area contributed by atoms with Gasteiger partial charge in [0.15, 0.2) is 5.11 Å². The molecule has 1 aliphatic heterocycles. The van der Waals surface area contributed by atoms with Crippen LogP contribution in [0.15, 0.2) is 47.5 Å². The molecule has 158 valence electrons. The standard InChI is InChI=1S/C22H23FN2O4S/c1-4-28-21(26)19-13(2)24-22(30)25-20(19)14-5-10-18(27-3)15(11-14)12-29-17-8-6-16(23)7-9-17/h5-11,19-20H,4,12H2,1-3H3,(H,25,30). The molecular weight excluding hydrogens is 407 g/mol. The van der Waals surface area contributed by atoms with E-state index < -0.39 is 12.0 Å². The summed E-state index contributed by atoms with van der Waals surface area (Å²) >= 11 is 5.24. The number of thiocarbonyl (C=S) groups is 1. The van der Waals surface area contributed by atoms with Crippen molar-refractivity contribution in [2.75, 3.05) is 13.7 Å². The molecule has 2 atom stereocenters. The molecule has 0 aliphatic carbocycles. The summed E-state index contributed by atoms with van der Waals surface area (Å²) in [6, 6.07) is 10.9. The van der Waals surface area contributed by atoms with Gasteiger partial charge in [-0.1, -0.05) is 6.07 Å². The van der Waals surface area contributed by atoms with Crippen LogP contribution in [0.3, 0.4) is 0 Å². The lowest BCUT2D eigenvalue weighted by molar-refractivity contribution is -0.146. The lowest BCUT2D eigenvalue weighted by Gasteiger charge is -2.31. The summed E-state index contributed by atoms with van der Waals surface area (Å²) in [6.07, 6.45) is 0. The third-order valence-electron chi connectivity index (χ3n) is 4.75. The summed E-state index contributed by atoms with van der Waals surface area (Å²) in [5.74, 6) is -0.122. The number of carbonyl (C=O) groups excluding carboxylic acids is 1. The molecule has 6 nitrogen and oxygen atoms in total. The topological polar surface area (TPSA) is 69.2 Å². The Balaban J connectivity index is 1.89. The SMILES string of the molecule is CCOC(=O)C1C(C)=NC(=S)NC1c1ccc(OC)c(COc2ccc(F)cc2)c1. The molecule has 0 bridgehead atoms. The molecule has 3 rings (SSSR count). The third kappa shape index (κ3) is 4.94. The van der Waals surface area contributed by atoms with Gasteiger partial charge in [0, 0.05) is 11.3 Å². The van der Waals surface area contributed by atoms with E-state index in [-0.39, 0.29) is 25.0 Å². The van der Waals surface area contributed by atoms with Crippen molar-refractivity contribution >= 4 is 29.0 Å². The molecule has 1 heterocycles. The molecule has 30 heavy (non-hydrogen) atoms. The van der Waals surface area contributed by atoms with Crippen molar-refractivity contribution in [3.05, 3.63) is 59.4 Å². The smallest absolute Gasteiger partial charge is 0.317 e. The van der Waals surface area contributed by atoms with Crippen LogP contribution in [0.2, 0.25) is 0 Å². The van der Waals surface area contributed by atoms with Crippen molar-refractivity contribution in [3.8, 4) is 11.5 Å². The maximum atomic E-state index is 13.1. The number of carbonyl (C=O) groups is 1. The normalized spacial score (nSPS) is 18.3. The number of esters is 1. The number of hydrogen-bond acceptors (Lipinski definition) is 5. The Kier molecular flexibility index (Phi) is 6.99. The van der Waals surface area contributed by atoms with Crippen LogP contribution in [0.4, 0.5) is 4.39 Å². The maximum Gasteiger partial charge on any atom is 0.317 e. The summed E-state index contributed by atoms with van der Waals surface area (Å²) in [5, 5.41) is 3.43. The van der Waals surface area contributed by atoms with E-state index in [0.29, 0.717) is 22.3 Å². The van der Waals surface area contributed by atoms with Gasteiger partial charge in [0.1, 0.15) is 29.8 Å². The van der Waals surface area contributed by atoms with Crippen molar-refractivity contribution < 1.29 is 23.4 Å². The lowest BCUT2D eigenvalue weighted by Crippen LogP contribution is -2.44. The molecule has 2 aromatic carbocycles. The van der Waals surface area contributed by atoms with Gasteiger partial charge in [0.25, 0.3) is 0 Å². The second-order valence-corrected chi connectivity index (χ2v) is 7.11. The van der Waals surface area contributed by atoms with Gasteiger partial charge in [0.05, 0.1) is 19.8 Å². The number of ether oxygens (including phenoxy) is 3. The van der Waals surface area contributed by atoms with E-state index in [2.05, 4.69) is 10.3 Å². The highest BCUT2D eigenvalue weighted by Gasteiger charge is 2.37. The fourth-order valence-corrected chi connectivity index (χ4v) is 3.60. The van der Waals surface area contributed by atoms with Gasteiger partial charge < -0.3 is 19.5 Å². The van der Waals surface area contributed by atoms with Crippen LogP contribution in [0, 0.1) is 11.7 Å². The van der Waals surface area contributed by atoms with Gasteiger partial charge >= 0.3 is 5.97 Å². The Morgan fingerprint density at radius 1 is 1.23 bits per heavy atom. The van der Waals surface area contributed by atoms with Crippen molar-refractivity contribution in [1.82, 2.24) is 5.32 Å². The number of aliphatic imine (C=N–C) groups is 1. The van der Waals surface area contributed by atoms with Gasteiger partial charge in [-0.3, -0.25) is 4.79 Å². The summed E-state index contributed by atoms with van der Waals surface area (Å²) in [5.41, 5.74) is 2.19. The third-order valence-corrected chi connectivity index (χ3v) is 4.96. The van der Waals surface area contributed by atoms with Crippen LogP contribution in [-0.2, 0) is 16.1 Å². The monoisotopic (exact) mass is 430 g/mol. The molecule has 2 unspecified atom stereocenters. The number of hydrogen-bond donors (Lipinski definition) is 1. The molecule has 1 aliphatic rings. The summed E-state index contributed by atoms with van der Waals surface area (Å²) in [7, 11) is 1.57. The first-order valence-corrected chi connectivity index (χ1v) is 9.91. The first-order valence-electron chi connectivity index (χ1n) is 9.50. The van der Waals surface area contributed by atoms with E-state index in [1.807, 2.05) is 18.2 Å². The fourth-order valence-electron chi connectivity index (χ4n) is 3.33.